The molecule has 0 heterocycles. The quantitative estimate of drug-likeness (QED) is 0.424. The van der Waals surface area contributed by atoms with Crippen molar-refractivity contribution in [3.63, 3.8) is 0 Å². The highest BCUT2D eigenvalue weighted by atomic mass is 14.6. The highest BCUT2D eigenvalue weighted by Gasteiger charge is 2.52. The van der Waals surface area contributed by atoms with Crippen LogP contribution in [0, 0.1) is 58.2 Å². The Balaban J connectivity index is 1.40. The lowest BCUT2D eigenvalue weighted by atomic mass is 9.48. The van der Waals surface area contributed by atoms with Crippen molar-refractivity contribution in [3.8, 4) is 6.07 Å². The Labute approximate surface area is 175 Å². The normalized spacial score (nSPS) is 45.4. The van der Waals surface area contributed by atoms with Gasteiger partial charge in [0.2, 0.25) is 0 Å². The van der Waals surface area contributed by atoms with Crippen molar-refractivity contribution in [2.24, 2.45) is 46.8 Å². The number of nitriles is 1. The fraction of sp³-hybridized carbons (Fsp3) is 0.963. The van der Waals surface area contributed by atoms with Crippen molar-refractivity contribution in [1.29, 1.82) is 5.26 Å². The molecule has 0 bridgehead atoms. The molecule has 4 aliphatic rings. The van der Waals surface area contributed by atoms with Gasteiger partial charge < -0.3 is 0 Å². The molecule has 0 N–H and O–H groups in total. The van der Waals surface area contributed by atoms with E-state index < -0.39 is 0 Å². The smallest absolute Gasteiger partial charge is 0.0689 e. The van der Waals surface area contributed by atoms with Gasteiger partial charge in [-0.05, 0) is 99.2 Å². The molecule has 1 heteroatoms. The number of rotatable bonds is 6. The van der Waals surface area contributed by atoms with Crippen LogP contribution in [0.1, 0.15) is 117 Å². The molecular weight excluding hydrogens is 338 g/mol. The molecule has 0 spiro atoms. The molecule has 4 aliphatic carbocycles. The molecule has 4 saturated carbocycles. The van der Waals surface area contributed by atoms with Crippen LogP contribution in [0.2, 0.25) is 0 Å². The molecule has 0 radical (unpaired) electrons. The van der Waals surface area contributed by atoms with Gasteiger partial charge in [0.25, 0.3) is 0 Å². The van der Waals surface area contributed by atoms with Gasteiger partial charge in [-0.3, -0.25) is 0 Å². The summed E-state index contributed by atoms with van der Waals surface area (Å²) in [5.41, 5.74) is 0.0388. The van der Waals surface area contributed by atoms with Gasteiger partial charge in [-0.1, -0.05) is 58.8 Å². The SMILES string of the molecule is CCCCCC[C@]1(C#N)CCC2C(CCC3C2CCC2C3CCC[C@@H]2CC)C1. The first-order chi connectivity index (χ1) is 13.7. The fourth-order valence-electron chi connectivity index (χ4n) is 8.75. The Kier molecular flexibility index (Phi) is 6.74. The van der Waals surface area contributed by atoms with E-state index >= 15 is 0 Å². The standard InChI is InChI=1S/C27H45N/c1-3-5-6-7-16-27(19-28)17-15-23-21(18-27)11-12-26-24-10-8-9-20(4-2)22(24)13-14-25(23)26/h20-26H,3-18H2,1-2H3/t20-,21?,22?,23?,24?,25?,26?,27-/m0/s1. The fourth-order valence-corrected chi connectivity index (χ4v) is 8.75. The maximum absolute atomic E-state index is 10.1. The van der Waals surface area contributed by atoms with Gasteiger partial charge in [-0.15, -0.1) is 0 Å². The maximum Gasteiger partial charge on any atom is 0.0689 e. The van der Waals surface area contributed by atoms with Gasteiger partial charge in [-0.25, -0.2) is 0 Å². The third-order valence-electron chi connectivity index (χ3n) is 10.1. The summed E-state index contributed by atoms with van der Waals surface area (Å²) in [6.07, 6.45) is 22.3. The lowest BCUT2D eigenvalue weighted by molar-refractivity contribution is -0.0711. The van der Waals surface area contributed by atoms with Crippen molar-refractivity contribution in [1.82, 2.24) is 0 Å². The van der Waals surface area contributed by atoms with Crippen LogP contribution < -0.4 is 0 Å². The molecule has 0 saturated heterocycles. The second kappa shape index (κ2) is 9.10. The van der Waals surface area contributed by atoms with E-state index in [1.807, 2.05) is 0 Å². The summed E-state index contributed by atoms with van der Waals surface area (Å²) in [4.78, 5) is 0. The van der Waals surface area contributed by atoms with Crippen molar-refractivity contribution in [2.45, 2.75) is 117 Å². The largest absolute Gasteiger partial charge is 0.198 e. The molecular formula is C27H45N. The summed E-state index contributed by atoms with van der Waals surface area (Å²) in [6, 6.07) is 2.86. The highest BCUT2D eigenvalue weighted by Crippen LogP contribution is 2.60. The van der Waals surface area contributed by atoms with Gasteiger partial charge in [-0.2, -0.15) is 5.26 Å². The first kappa shape index (κ1) is 20.8. The third kappa shape index (κ3) is 3.91. The average Bonchev–Trinajstić information content (AvgIpc) is 2.75. The Morgan fingerprint density at radius 2 is 1.54 bits per heavy atom. The van der Waals surface area contributed by atoms with E-state index in [4.69, 9.17) is 0 Å². The molecule has 0 amide bonds. The lowest BCUT2D eigenvalue weighted by Crippen LogP contribution is -2.49. The Bertz CT molecular complexity index is 547. The van der Waals surface area contributed by atoms with E-state index in [0.29, 0.717) is 0 Å². The van der Waals surface area contributed by atoms with E-state index in [0.717, 1.165) is 41.4 Å². The summed E-state index contributed by atoms with van der Waals surface area (Å²) >= 11 is 0. The molecule has 28 heavy (non-hydrogen) atoms. The number of nitrogens with zero attached hydrogens (tertiary/aromatic N) is 1. The maximum atomic E-state index is 10.1. The second-order valence-corrected chi connectivity index (χ2v) is 11.3. The molecule has 4 fully saturated rings. The zero-order chi connectivity index (χ0) is 19.6. The molecule has 0 aromatic rings. The van der Waals surface area contributed by atoms with Crippen molar-refractivity contribution in [2.75, 3.05) is 0 Å². The van der Waals surface area contributed by atoms with Gasteiger partial charge in [0.15, 0.2) is 0 Å². The Hall–Kier alpha value is -0.510. The van der Waals surface area contributed by atoms with E-state index in [2.05, 4.69) is 19.9 Å². The number of fused-ring (bicyclic) bond motifs is 5. The van der Waals surface area contributed by atoms with Crippen molar-refractivity contribution in [3.05, 3.63) is 0 Å². The molecule has 0 aromatic heterocycles. The number of hydrogen-bond donors (Lipinski definition) is 0. The van der Waals surface area contributed by atoms with Crippen LogP contribution in [-0.4, -0.2) is 0 Å². The summed E-state index contributed by atoms with van der Waals surface area (Å²) in [5, 5.41) is 10.1. The van der Waals surface area contributed by atoms with E-state index in [9.17, 15) is 5.26 Å². The molecule has 1 nitrogen and oxygen atoms in total. The second-order valence-electron chi connectivity index (χ2n) is 11.3. The molecule has 0 aromatic carbocycles. The average molecular weight is 384 g/mol. The number of unbranched alkanes of at least 4 members (excludes halogenated alkanes) is 3. The first-order valence-corrected chi connectivity index (χ1v) is 13.1. The van der Waals surface area contributed by atoms with Crippen molar-refractivity contribution < 1.29 is 0 Å². The number of hydrogen-bond acceptors (Lipinski definition) is 1. The van der Waals surface area contributed by atoms with Crippen LogP contribution in [0.25, 0.3) is 0 Å². The summed E-state index contributed by atoms with van der Waals surface area (Å²) < 4.78 is 0. The highest BCUT2D eigenvalue weighted by molar-refractivity contribution is 5.07. The zero-order valence-corrected chi connectivity index (χ0v) is 18.8. The zero-order valence-electron chi connectivity index (χ0n) is 18.8. The third-order valence-corrected chi connectivity index (χ3v) is 10.1. The summed E-state index contributed by atoms with van der Waals surface area (Å²) in [5.74, 6) is 7.09. The molecule has 6 unspecified atom stereocenters. The van der Waals surface area contributed by atoms with Gasteiger partial charge >= 0.3 is 0 Å². The van der Waals surface area contributed by atoms with Crippen LogP contribution in [0.5, 0.6) is 0 Å². The Morgan fingerprint density at radius 3 is 2.32 bits per heavy atom. The Morgan fingerprint density at radius 1 is 0.786 bits per heavy atom. The van der Waals surface area contributed by atoms with Crippen LogP contribution in [0.3, 0.4) is 0 Å². The minimum atomic E-state index is 0.0388. The van der Waals surface area contributed by atoms with Gasteiger partial charge in [0, 0.05) is 0 Å². The molecule has 158 valence electrons. The van der Waals surface area contributed by atoms with E-state index in [1.165, 1.54) is 96.3 Å². The predicted molar refractivity (Wildman–Crippen MR) is 118 cm³/mol. The molecule has 0 aliphatic heterocycles. The van der Waals surface area contributed by atoms with Gasteiger partial charge in [0.05, 0.1) is 11.5 Å². The van der Waals surface area contributed by atoms with Crippen LogP contribution in [0.15, 0.2) is 0 Å². The summed E-state index contributed by atoms with van der Waals surface area (Å²) in [6.45, 7) is 4.73. The molecule has 4 rings (SSSR count). The topological polar surface area (TPSA) is 23.8 Å². The van der Waals surface area contributed by atoms with E-state index in [1.54, 1.807) is 6.42 Å². The predicted octanol–water partition coefficient (Wildman–Crippen LogP) is 8.15. The minimum Gasteiger partial charge on any atom is -0.198 e. The van der Waals surface area contributed by atoms with E-state index in [-0.39, 0.29) is 5.41 Å². The van der Waals surface area contributed by atoms with Gasteiger partial charge in [0.1, 0.15) is 0 Å². The van der Waals surface area contributed by atoms with Crippen LogP contribution in [-0.2, 0) is 0 Å². The summed E-state index contributed by atoms with van der Waals surface area (Å²) in [7, 11) is 0. The van der Waals surface area contributed by atoms with Crippen LogP contribution >= 0.6 is 0 Å². The monoisotopic (exact) mass is 383 g/mol. The van der Waals surface area contributed by atoms with Crippen LogP contribution in [0.4, 0.5) is 0 Å². The first-order valence-electron chi connectivity index (χ1n) is 13.1. The lowest BCUT2D eigenvalue weighted by Gasteiger charge is -2.57. The minimum absolute atomic E-state index is 0.0388. The molecule has 8 atom stereocenters. The van der Waals surface area contributed by atoms with Crippen molar-refractivity contribution >= 4 is 0 Å².